The lowest BCUT2D eigenvalue weighted by Gasteiger charge is -2.39. The van der Waals surface area contributed by atoms with Gasteiger partial charge in [-0.3, -0.25) is 4.55 Å². The molecule has 0 aromatic rings. The number of hydrogen-bond donors (Lipinski definition) is 2. The fraction of sp³-hybridized carbons (Fsp3) is 1.00. The minimum Gasteiger partial charge on any atom is -0.330 e. The van der Waals surface area contributed by atoms with Gasteiger partial charge in [-0.25, -0.2) is 0 Å². The van der Waals surface area contributed by atoms with Crippen molar-refractivity contribution < 1.29 is 13.0 Å². The fourth-order valence-corrected chi connectivity index (χ4v) is 2.92. The molecular formula is C15H35NO3S. The summed E-state index contributed by atoms with van der Waals surface area (Å²) in [4.78, 5) is 0. The summed E-state index contributed by atoms with van der Waals surface area (Å²) in [6.07, 6.45) is 4.63. The van der Waals surface area contributed by atoms with Crippen LogP contribution in [0.25, 0.3) is 0 Å². The van der Waals surface area contributed by atoms with Crippen LogP contribution in [-0.2, 0) is 10.1 Å². The van der Waals surface area contributed by atoms with Crippen LogP contribution in [0, 0.1) is 17.3 Å². The van der Waals surface area contributed by atoms with Crippen molar-refractivity contribution in [3.63, 3.8) is 0 Å². The molecule has 4 nitrogen and oxygen atoms in total. The van der Waals surface area contributed by atoms with Gasteiger partial charge in [0.15, 0.2) is 0 Å². The van der Waals surface area contributed by atoms with Crippen molar-refractivity contribution in [2.24, 2.45) is 23.0 Å². The van der Waals surface area contributed by atoms with Crippen molar-refractivity contribution in [2.75, 3.05) is 12.3 Å². The molecule has 1 aliphatic rings. The van der Waals surface area contributed by atoms with Crippen LogP contribution in [0.15, 0.2) is 0 Å². The molecule has 0 amide bonds. The Balaban J connectivity index is 0. The minimum absolute atomic E-state index is 0.233. The van der Waals surface area contributed by atoms with E-state index in [1.165, 1.54) is 19.3 Å². The van der Waals surface area contributed by atoms with Gasteiger partial charge in [-0.1, -0.05) is 48.0 Å². The molecule has 1 rings (SSSR count). The Morgan fingerprint density at radius 2 is 1.70 bits per heavy atom. The van der Waals surface area contributed by atoms with Gasteiger partial charge in [-0.05, 0) is 43.1 Å². The van der Waals surface area contributed by atoms with Gasteiger partial charge in [0.25, 0.3) is 10.1 Å². The van der Waals surface area contributed by atoms with Gasteiger partial charge >= 0.3 is 0 Å². The molecule has 1 fully saturated rings. The molecule has 3 N–H and O–H groups in total. The third kappa shape index (κ3) is 11.7. The fourth-order valence-electron chi connectivity index (χ4n) is 2.39. The minimum atomic E-state index is -3.77. The highest BCUT2D eigenvalue weighted by Crippen LogP contribution is 2.42. The SMILES string of the molecule is CC.CC1CC[C@H](C)C(C)(C)C1.NCCCS(=O)(=O)O. The first-order valence-electron chi connectivity index (χ1n) is 7.73. The van der Waals surface area contributed by atoms with Crippen LogP contribution in [0.1, 0.15) is 67.2 Å². The van der Waals surface area contributed by atoms with Crippen molar-refractivity contribution in [1.82, 2.24) is 0 Å². The molecule has 0 aromatic carbocycles. The first-order valence-corrected chi connectivity index (χ1v) is 9.34. The number of hydrogen-bond acceptors (Lipinski definition) is 3. The van der Waals surface area contributed by atoms with E-state index in [4.69, 9.17) is 10.3 Å². The summed E-state index contributed by atoms with van der Waals surface area (Å²) in [6, 6.07) is 0. The van der Waals surface area contributed by atoms with E-state index < -0.39 is 10.1 Å². The summed E-state index contributed by atoms with van der Waals surface area (Å²) in [6.45, 7) is 13.9. The maximum atomic E-state index is 9.89. The van der Waals surface area contributed by atoms with Crippen LogP contribution < -0.4 is 5.73 Å². The second kappa shape index (κ2) is 10.6. The lowest BCUT2D eigenvalue weighted by atomic mass is 9.66. The van der Waals surface area contributed by atoms with E-state index in [9.17, 15) is 8.42 Å². The van der Waals surface area contributed by atoms with Gasteiger partial charge in [-0.15, -0.1) is 0 Å². The molecule has 0 radical (unpaired) electrons. The van der Waals surface area contributed by atoms with E-state index in [-0.39, 0.29) is 5.75 Å². The van der Waals surface area contributed by atoms with Gasteiger partial charge < -0.3 is 5.73 Å². The molecule has 0 aliphatic heterocycles. The van der Waals surface area contributed by atoms with Crippen molar-refractivity contribution in [2.45, 2.75) is 67.2 Å². The Morgan fingerprint density at radius 1 is 1.20 bits per heavy atom. The molecule has 0 spiro atoms. The van der Waals surface area contributed by atoms with Crippen LogP contribution in [0.2, 0.25) is 0 Å². The highest BCUT2D eigenvalue weighted by atomic mass is 32.2. The van der Waals surface area contributed by atoms with Crippen LogP contribution in [0.5, 0.6) is 0 Å². The number of nitrogens with two attached hydrogens (primary N) is 1. The summed E-state index contributed by atoms with van der Waals surface area (Å²) < 4.78 is 27.8. The zero-order chi connectivity index (χ0) is 16.4. The second-order valence-corrected chi connectivity index (χ2v) is 7.78. The molecule has 0 aromatic heterocycles. The van der Waals surface area contributed by atoms with Gasteiger partial charge in [0, 0.05) is 0 Å². The summed E-state index contributed by atoms with van der Waals surface area (Å²) in [5, 5.41) is 0. The van der Waals surface area contributed by atoms with E-state index in [0.717, 1.165) is 11.8 Å². The van der Waals surface area contributed by atoms with Gasteiger partial charge in [-0.2, -0.15) is 8.42 Å². The molecular weight excluding hydrogens is 274 g/mol. The van der Waals surface area contributed by atoms with Crippen LogP contribution in [0.3, 0.4) is 0 Å². The monoisotopic (exact) mass is 309 g/mol. The van der Waals surface area contributed by atoms with Crippen molar-refractivity contribution in [3.8, 4) is 0 Å². The van der Waals surface area contributed by atoms with Gasteiger partial charge in [0.2, 0.25) is 0 Å². The highest BCUT2D eigenvalue weighted by Gasteiger charge is 2.31. The lowest BCUT2D eigenvalue weighted by Crippen LogP contribution is -2.29. The topological polar surface area (TPSA) is 80.4 Å². The molecule has 2 atom stereocenters. The quantitative estimate of drug-likeness (QED) is 0.779. The van der Waals surface area contributed by atoms with E-state index in [0.29, 0.717) is 18.4 Å². The van der Waals surface area contributed by atoms with Crippen LogP contribution in [0.4, 0.5) is 0 Å². The van der Waals surface area contributed by atoms with Crippen molar-refractivity contribution in [1.29, 1.82) is 0 Å². The van der Waals surface area contributed by atoms with Crippen LogP contribution >= 0.6 is 0 Å². The Kier molecular flexibility index (Phi) is 11.7. The van der Waals surface area contributed by atoms with E-state index >= 15 is 0 Å². The summed E-state index contributed by atoms with van der Waals surface area (Å²) in [5.74, 6) is 1.67. The van der Waals surface area contributed by atoms with Gasteiger partial charge in [0.1, 0.15) is 0 Å². The molecule has 124 valence electrons. The first kappa shape index (κ1) is 22.2. The van der Waals surface area contributed by atoms with Crippen LogP contribution in [-0.4, -0.2) is 25.3 Å². The predicted octanol–water partition coefficient (Wildman–Crippen LogP) is 3.72. The molecule has 0 heterocycles. The molecule has 0 bridgehead atoms. The molecule has 5 heteroatoms. The largest absolute Gasteiger partial charge is 0.330 e. The van der Waals surface area contributed by atoms with Crippen molar-refractivity contribution >= 4 is 10.1 Å². The molecule has 1 unspecified atom stereocenters. The molecule has 0 saturated heterocycles. The third-order valence-corrected chi connectivity index (χ3v) is 4.71. The first-order chi connectivity index (χ1) is 9.08. The van der Waals surface area contributed by atoms with Crippen molar-refractivity contribution in [3.05, 3.63) is 0 Å². The summed E-state index contributed by atoms with van der Waals surface area (Å²) >= 11 is 0. The third-order valence-electron chi connectivity index (χ3n) is 3.91. The molecule has 1 aliphatic carbocycles. The lowest BCUT2D eigenvalue weighted by molar-refractivity contribution is 0.115. The Labute approximate surface area is 126 Å². The van der Waals surface area contributed by atoms with E-state index in [2.05, 4.69) is 27.7 Å². The average molecular weight is 310 g/mol. The summed E-state index contributed by atoms with van der Waals surface area (Å²) in [7, 11) is -3.77. The molecule has 20 heavy (non-hydrogen) atoms. The Hall–Kier alpha value is -0.130. The maximum absolute atomic E-state index is 9.89. The normalized spacial score (nSPS) is 24.8. The zero-order valence-electron chi connectivity index (χ0n) is 14.1. The maximum Gasteiger partial charge on any atom is 0.264 e. The zero-order valence-corrected chi connectivity index (χ0v) is 15.0. The van der Waals surface area contributed by atoms with Gasteiger partial charge in [0.05, 0.1) is 5.75 Å². The smallest absolute Gasteiger partial charge is 0.264 e. The molecule has 1 saturated carbocycles. The second-order valence-electron chi connectivity index (χ2n) is 6.20. The number of rotatable bonds is 3. The standard InChI is InChI=1S/C10H20.C3H9NO3S.C2H6/c1-8-5-6-9(2)10(3,4)7-8;4-2-1-3-8(5,6)7;1-2/h8-9H,5-7H2,1-4H3;1-4H2,(H,5,6,7);1-2H3/t8?,9-;;/m0../s1. The van der Waals surface area contributed by atoms with E-state index in [1.54, 1.807) is 0 Å². The Morgan fingerprint density at radius 3 is 1.95 bits per heavy atom. The average Bonchev–Trinajstić information content (AvgIpc) is 2.34. The predicted molar refractivity (Wildman–Crippen MR) is 87.4 cm³/mol. The van der Waals surface area contributed by atoms with E-state index in [1.807, 2.05) is 13.8 Å². The highest BCUT2D eigenvalue weighted by molar-refractivity contribution is 7.85. The summed E-state index contributed by atoms with van der Waals surface area (Å²) in [5.41, 5.74) is 5.57. The Bertz CT molecular complexity index is 326.